The fourth-order valence-electron chi connectivity index (χ4n) is 1.45. The van der Waals surface area contributed by atoms with Crippen LogP contribution in [0.25, 0.3) is 0 Å². The average Bonchev–Trinajstić information content (AvgIpc) is 2.10. The van der Waals surface area contributed by atoms with Gasteiger partial charge >= 0.3 is 0 Å². The van der Waals surface area contributed by atoms with E-state index in [2.05, 4.69) is 26.1 Å². The number of rotatable bonds is 4. The Balaban J connectivity index is 0. The molecule has 0 aromatic carbocycles. The number of hydrogen-bond acceptors (Lipinski definition) is 2. The summed E-state index contributed by atoms with van der Waals surface area (Å²) in [5.74, 6) is -0.0427. The first-order valence-corrected chi connectivity index (χ1v) is 6.49. The maximum absolute atomic E-state index is 11.9. The predicted molar refractivity (Wildman–Crippen MR) is 81.0 cm³/mol. The Morgan fingerprint density at radius 3 is 1.94 bits per heavy atom. The molecule has 0 saturated carbocycles. The second-order valence-electron chi connectivity index (χ2n) is 7.35. The summed E-state index contributed by atoms with van der Waals surface area (Å²) in [6.45, 7) is 14.6. The van der Waals surface area contributed by atoms with Crippen LogP contribution in [0.5, 0.6) is 0 Å². The highest BCUT2D eigenvalue weighted by molar-refractivity contribution is 5.85. The molecule has 2 atom stereocenters. The van der Waals surface area contributed by atoms with E-state index < -0.39 is 6.04 Å². The lowest BCUT2D eigenvalue weighted by Gasteiger charge is -2.28. The predicted octanol–water partition coefficient (Wildman–Crippen LogP) is 3.11. The first kappa shape index (κ1) is 20.0. The summed E-state index contributed by atoms with van der Waals surface area (Å²) >= 11 is 0. The maximum Gasteiger partial charge on any atom is 0.237 e. The Hall–Kier alpha value is -0.280. The SMILES string of the molecule is CC(CCC(C)(C)C)NC(=O)[C@@H](N)C(C)(C)C.Cl. The molecule has 0 heterocycles. The lowest BCUT2D eigenvalue weighted by Crippen LogP contribution is -2.50. The van der Waals surface area contributed by atoms with Crippen molar-refractivity contribution in [2.45, 2.75) is 73.4 Å². The number of hydrogen-bond donors (Lipinski definition) is 2. The van der Waals surface area contributed by atoms with Gasteiger partial charge in [0.05, 0.1) is 6.04 Å². The van der Waals surface area contributed by atoms with E-state index in [0.717, 1.165) is 12.8 Å². The summed E-state index contributed by atoms with van der Waals surface area (Å²) in [4.78, 5) is 11.9. The summed E-state index contributed by atoms with van der Waals surface area (Å²) < 4.78 is 0. The lowest BCUT2D eigenvalue weighted by atomic mass is 9.86. The molecule has 1 amide bonds. The van der Waals surface area contributed by atoms with Crippen molar-refractivity contribution in [1.82, 2.24) is 5.32 Å². The van der Waals surface area contributed by atoms with Gasteiger partial charge in [-0.2, -0.15) is 0 Å². The monoisotopic (exact) mass is 278 g/mol. The van der Waals surface area contributed by atoms with Gasteiger partial charge in [0.15, 0.2) is 0 Å². The van der Waals surface area contributed by atoms with Crippen LogP contribution in [0.2, 0.25) is 0 Å². The minimum Gasteiger partial charge on any atom is -0.352 e. The van der Waals surface area contributed by atoms with Crippen LogP contribution in [0, 0.1) is 10.8 Å². The number of carbonyl (C=O) groups is 1. The van der Waals surface area contributed by atoms with Crippen LogP contribution < -0.4 is 11.1 Å². The van der Waals surface area contributed by atoms with Crippen LogP contribution >= 0.6 is 12.4 Å². The Morgan fingerprint density at radius 2 is 1.61 bits per heavy atom. The largest absolute Gasteiger partial charge is 0.352 e. The van der Waals surface area contributed by atoms with E-state index in [-0.39, 0.29) is 29.8 Å². The average molecular weight is 279 g/mol. The van der Waals surface area contributed by atoms with Crippen LogP contribution in [-0.2, 0) is 4.79 Å². The topological polar surface area (TPSA) is 55.1 Å². The van der Waals surface area contributed by atoms with E-state index in [1.54, 1.807) is 0 Å². The summed E-state index contributed by atoms with van der Waals surface area (Å²) in [5.41, 5.74) is 6.04. The Morgan fingerprint density at radius 1 is 1.17 bits per heavy atom. The molecular weight excluding hydrogens is 248 g/mol. The molecule has 110 valence electrons. The number of carbonyl (C=O) groups excluding carboxylic acids is 1. The zero-order valence-corrected chi connectivity index (χ0v) is 13.8. The van der Waals surface area contributed by atoms with E-state index in [9.17, 15) is 4.79 Å². The van der Waals surface area contributed by atoms with Crippen molar-refractivity contribution in [3.05, 3.63) is 0 Å². The fraction of sp³-hybridized carbons (Fsp3) is 0.929. The van der Waals surface area contributed by atoms with Gasteiger partial charge in [-0.15, -0.1) is 12.4 Å². The van der Waals surface area contributed by atoms with Gasteiger partial charge in [-0.3, -0.25) is 4.79 Å². The van der Waals surface area contributed by atoms with E-state index in [1.807, 2.05) is 27.7 Å². The molecule has 0 aromatic heterocycles. The fourth-order valence-corrected chi connectivity index (χ4v) is 1.45. The van der Waals surface area contributed by atoms with E-state index in [0.29, 0.717) is 5.41 Å². The molecule has 0 radical (unpaired) electrons. The second-order valence-corrected chi connectivity index (χ2v) is 7.35. The van der Waals surface area contributed by atoms with Crippen molar-refractivity contribution < 1.29 is 4.79 Å². The smallest absolute Gasteiger partial charge is 0.237 e. The zero-order valence-electron chi connectivity index (χ0n) is 13.0. The minimum absolute atomic E-state index is 0. The molecule has 4 heteroatoms. The number of halogens is 1. The number of nitrogens with one attached hydrogen (secondary N) is 1. The quantitative estimate of drug-likeness (QED) is 0.830. The molecule has 18 heavy (non-hydrogen) atoms. The third kappa shape index (κ3) is 8.76. The highest BCUT2D eigenvalue weighted by Crippen LogP contribution is 2.22. The highest BCUT2D eigenvalue weighted by Gasteiger charge is 2.28. The van der Waals surface area contributed by atoms with E-state index in [4.69, 9.17) is 5.73 Å². The summed E-state index contributed by atoms with van der Waals surface area (Å²) in [6.07, 6.45) is 2.09. The van der Waals surface area contributed by atoms with Gasteiger partial charge in [0.1, 0.15) is 0 Å². The second kappa shape index (κ2) is 7.34. The van der Waals surface area contributed by atoms with Crippen LogP contribution in [0.4, 0.5) is 0 Å². The standard InChI is InChI=1S/C14H30N2O.ClH/c1-10(8-9-13(2,3)4)16-12(17)11(15)14(5,6)7;/h10-11H,8-9,15H2,1-7H3,(H,16,17);1H/t10?,11-;/m1./s1. The van der Waals surface area contributed by atoms with Gasteiger partial charge in [-0.05, 0) is 30.6 Å². The van der Waals surface area contributed by atoms with Crippen molar-refractivity contribution >= 4 is 18.3 Å². The third-order valence-electron chi connectivity index (χ3n) is 2.93. The minimum atomic E-state index is -0.445. The molecule has 1 unspecified atom stereocenters. The van der Waals surface area contributed by atoms with Gasteiger partial charge in [0.25, 0.3) is 0 Å². The molecule has 3 nitrogen and oxygen atoms in total. The third-order valence-corrected chi connectivity index (χ3v) is 2.93. The van der Waals surface area contributed by atoms with Crippen molar-refractivity contribution in [3.8, 4) is 0 Å². The van der Waals surface area contributed by atoms with Crippen LogP contribution in [0.3, 0.4) is 0 Å². The molecule has 0 fully saturated rings. The van der Waals surface area contributed by atoms with Crippen LogP contribution in [0.1, 0.15) is 61.3 Å². The van der Waals surface area contributed by atoms with Crippen molar-refractivity contribution in [3.63, 3.8) is 0 Å². The van der Waals surface area contributed by atoms with E-state index >= 15 is 0 Å². The molecule has 0 spiro atoms. The van der Waals surface area contributed by atoms with Crippen molar-refractivity contribution in [2.24, 2.45) is 16.6 Å². The summed E-state index contributed by atoms with van der Waals surface area (Å²) in [7, 11) is 0. The van der Waals surface area contributed by atoms with Gasteiger partial charge < -0.3 is 11.1 Å². The van der Waals surface area contributed by atoms with Crippen molar-refractivity contribution in [2.75, 3.05) is 0 Å². The normalized spacial score (nSPS) is 15.6. The van der Waals surface area contributed by atoms with Gasteiger partial charge in [-0.1, -0.05) is 41.5 Å². The molecular formula is C14H31ClN2O. The van der Waals surface area contributed by atoms with E-state index in [1.165, 1.54) is 0 Å². The number of amides is 1. The zero-order chi connectivity index (χ0) is 13.9. The summed E-state index contributed by atoms with van der Waals surface area (Å²) in [5, 5.41) is 2.99. The van der Waals surface area contributed by atoms with Gasteiger partial charge in [0, 0.05) is 6.04 Å². The Labute approximate surface area is 119 Å². The highest BCUT2D eigenvalue weighted by atomic mass is 35.5. The van der Waals surface area contributed by atoms with Crippen LogP contribution in [0.15, 0.2) is 0 Å². The number of nitrogens with two attached hydrogens (primary N) is 1. The Kier molecular flexibility index (Phi) is 8.18. The van der Waals surface area contributed by atoms with Crippen LogP contribution in [-0.4, -0.2) is 18.0 Å². The maximum atomic E-state index is 11.9. The molecule has 0 aliphatic heterocycles. The molecule has 0 bridgehead atoms. The molecule has 0 aliphatic carbocycles. The van der Waals surface area contributed by atoms with Gasteiger partial charge in [-0.25, -0.2) is 0 Å². The molecule has 0 rings (SSSR count). The first-order chi connectivity index (χ1) is 7.43. The van der Waals surface area contributed by atoms with Crippen molar-refractivity contribution in [1.29, 1.82) is 0 Å². The first-order valence-electron chi connectivity index (χ1n) is 6.49. The lowest BCUT2D eigenvalue weighted by molar-refractivity contribution is -0.125. The summed E-state index contributed by atoms with van der Waals surface area (Å²) in [6, 6.07) is -0.255. The molecule has 0 saturated heterocycles. The molecule has 3 N–H and O–H groups in total. The molecule has 0 aliphatic rings. The Bertz CT molecular complexity index is 254. The molecule has 0 aromatic rings. The van der Waals surface area contributed by atoms with Gasteiger partial charge in [0.2, 0.25) is 5.91 Å².